The molecule has 0 fully saturated rings. The Bertz CT molecular complexity index is 1080. The van der Waals surface area contributed by atoms with Gasteiger partial charge in [0, 0.05) is 6.07 Å². The van der Waals surface area contributed by atoms with Gasteiger partial charge in [-0.3, -0.25) is 9.36 Å². The zero-order valence-corrected chi connectivity index (χ0v) is 14.7. The zero-order valence-electron chi connectivity index (χ0n) is 14.7. The number of nitrogens with zero attached hydrogens (tertiary/aromatic N) is 2. The molecule has 0 aliphatic rings. The first kappa shape index (κ1) is 18.5. The Labute approximate surface area is 153 Å². The Morgan fingerprint density at radius 1 is 1.26 bits per heavy atom. The van der Waals surface area contributed by atoms with Crippen molar-refractivity contribution in [2.75, 3.05) is 0 Å². The highest BCUT2D eigenvalue weighted by molar-refractivity contribution is 5.81. The molecule has 0 saturated heterocycles. The summed E-state index contributed by atoms with van der Waals surface area (Å²) in [5.74, 6) is -1.65. The predicted molar refractivity (Wildman–Crippen MR) is 96.2 cm³/mol. The lowest BCUT2D eigenvalue weighted by Gasteiger charge is -2.21. The molecule has 3 rings (SSSR count). The molecule has 1 atom stereocenters. The van der Waals surface area contributed by atoms with Gasteiger partial charge in [0.25, 0.3) is 5.56 Å². The van der Waals surface area contributed by atoms with Crippen LogP contribution in [0, 0.1) is 18.6 Å². The summed E-state index contributed by atoms with van der Waals surface area (Å²) in [5, 5.41) is 11.7. The number of amides is 1. The van der Waals surface area contributed by atoms with Gasteiger partial charge in [0.05, 0.1) is 22.6 Å². The zero-order chi connectivity index (χ0) is 19.7. The van der Waals surface area contributed by atoms with Gasteiger partial charge in [-0.15, -0.1) is 0 Å². The molecule has 1 amide bonds. The van der Waals surface area contributed by atoms with E-state index in [-0.39, 0.29) is 17.9 Å². The summed E-state index contributed by atoms with van der Waals surface area (Å²) in [5.41, 5.74) is 0.453. The molecular formula is C19H17F2N3O3. The largest absolute Gasteiger partial charge is 0.465 e. The van der Waals surface area contributed by atoms with E-state index in [1.54, 1.807) is 32.0 Å². The fourth-order valence-corrected chi connectivity index (χ4v) is 3.06. The number of benzene rings is 2. The van der Waals surface area contributed by atoms with Gasteiger partial charge in [-0.25, -0.2) is 18.6 Å². The second-order valence-corrected chi connectivity index (χ2v) is 6.12. The van der Waals surface area contributed by atoms with Crippen molar-refractivity contribution in [2.24, 2.45) is 0 Å². The topological polar surface area (TPSA) is 84.2 Å². The summed E-state index contributed by atoms with van der Waals surface area (Å²) < 4.78 is 28.6. The number of hydrogen-bond acceptors (Lipinski definition) is 3. The molecule has 0 aliphatic carbocycles. The summed E-state index contributed by atoms with van der Waals surface area (Å²) in [7, 11) is 0. The highest BCUT2D eigenvalue weighted by Gasteiger charge is 2.22. The third-order valence-electron chi connectivity index (χ3n) is 4.25. The van der Waals surface area contributed by atoms with E-state index in [1.165, 1.54) is 0 Å². The number of hydrogen-bond donors (Lipinski definition) is 2. The van der Waals surface area contributed by atoms with Crippen molar-refractivity contribution < 1.29 is 18.7 Å². The standard InChI is InChI=1S/C19H17F2N3O3/c1-3-14(23-19(26)27)17-22-15-6-4-5-10(2)16(15)18(25)24(17)13-8-11(20)7-12(21)9-13/h4-9,14,23H,3H2,1-2H3,(H,26,27). The summed E-state index contributed by atoms with van der Waals surface area (Å²) in [4.78, 5) is 28.8. The minimum absolute atomic E-state index is 0.0595. The second kappa shape index (κ2) is 7.14. The van der Waals surface area contributed by atoms with Crippen molar-refractivity contribution in [1.29, 1.82) is 0 Å². The summed E-state index contributed by atoms with van der Waals surface area (Å²) >= 11 is 0. The van der Waals surface area contributed by atoms with Crippen LogP contribution >= 0.6 is 0 Å². The van der Waals surface area contributed by atoms with Gasteiger partial charge in [0.15, 0.2) is 0 Å². The fourth-order valence-electron chi connectivity index (χ4n) is 3.06. The van der Waals surface area contributed by atoms with E-state index in [2.05, 4.69) is 10.3 Å². The van der Waals surface area contributed by atoms with Crippen LogP contribution in [-0.2, 0) is 0 Å². The molecule has 6 nitrogen and oxygen atoms in total. The molecule has 0 bridgehead atoms. The van der Waals surface area contributed by atoms with Gasteiger partial charge >= 0.3 is 6.09 Å². The van der Waals surface area contributed by atoms with Gasteiger partial charge in [-0.05, 0) is 37.1 Å². The number of rotatable bonds is 4. The number of carbonyl (C=O) groups is 1. The number of fused-ring (bicyclic) bond motifs is 1. The lowest BCUT2D eigenvalue weighted by Crippen LogP contribution is -2.33. The molecular weight excluding hydrogens is 356 g/mol. The van der Waals surface area contributed by atoms with E-state index < -0.39 is 29.3 Å². The molecule has 3 aromatic rings. The van der Waals surface area contributed by atoms with E-state index in [4.69, 9.17) is 5.11 Å². The van der Waals surface area contributed by atoms with Crippen molar-refractivity contribution in [3.8, 4) is 5.69 Å². The maximum absolute atomic E-state index is 13.8. The Kier molecular flexibility index (Phi) is 4.89. The van der Waals surface area contributed by atoms with E-state index in [1.807, 2.05) is 0 Å². The molecule has 1 heterocycles. The van der Waals surface area contributed by atoms with Crippen molar-refractivity contribution in [3.05, 3.63) is 69.8 Å². The summed E-state index contributed by atoms with van der Waals surface area (Å²) in [6.07, 6.45) is -1.01. The van der Waals surface area contributed by atoms with Crippen LogP contribution in [0.3, 0.4) is 0 Å². The SMILES string of the molecule is CCC(NC(=O)O)c1nc2cccc(C)c2c(=O)n1-c1cc(F)cc(F)c1. The molecule has 0 aliphatic heterocycles. The summed E-state index contributed by atoms with van der Waals surface area (Å²) in [6.45, 7) is 3.44. The van der Waals surface area contributed by atoms with Crippen molar-refractivity contribution in [2.45, 2.75) is 26.3 Å². The van der Waals surface area contributed by atoms with Crippen LogP contribution in [0.2, 0.25) is 0 Å². The minimum Gasteiger partial charge on any atom is -0.465 e. The first-order chi connectivity index (χ1) is 12.8. The molecule has 0 radical (unpaired) electrons. The van der Waals surface area contributed by atoms with Crippen LogP contribution in [0.15, 0.2) is 41.2 Å². The maximum Gasteiger partial charge on any atom is 0.405 e. The van der Waals surface area contributed by atoms with Crippen LogP contribution in [0.25, 0.3) is 16.6 Å². The quantitative estimate of drug-likeness (QED) is 0.731. The predicted octanol–water partition coefficient (Wildman–Crippen LogP) is 3.69. The van der Waals surface area contributed by atoms with Crippen molar-refractivity contribution in [3.63, 3.8) is 0 Å². The molecule has 0 spiro atoms. The monoisotopic (exact) mass is 373 g/mol. The third kappa shape index (κ3) is 3.51. The summed E-state index contributed by atoms with van der Waals surface area (Å²) in [6, 6.07) is 6.96. The van der Waals surface area contributed by atoms with Crippen LogP contribution in [0.5, 0.6) is 0 Å². The van der Waals surface area contributed by atoms with Gasteiger partial charge in [0.2, 0.25) is 0 Å². The van der Waals surface area contributed by atoms with Crippen LogP contribution in [-0.4, -0.2) is 20.8 Å². The highest BCUT2D eigenvalue weighted by Crippen LogP contribution is 2.22. The Morgan fingerprint density at radius 2 is 1.93 bits per heavy atom. The van der Waals surface area contributed by atoms with Gasteiger partial charge < -0.3 is 10.4 Å². The van der Waals surface area contributed by atoms with E-state index >= 15 is 0 Å². The Balaban J connectivity index is 2.42. The average molecular weight is 373 g/mol. The van der Waals surface area contributed by atoms with Crippen LogP contribution in [0.1, 0.15) is 30.8 Å². The molecule has 140 valence electrons. The van der Waals surface area contributed by atoms with Crippen molar-refractivity contribution >= 4 is 17.0 Å². The highest BCUT2D eigenvalue weighted by atomic mass is 19.1. The first-order valence-corrected chi connectivity index (χ1v) is 8.30. The second-order valence-electron chi connectivity index (χ2n) is 6.12. The smallest absolute Gasteiger partial charge is 0.405 e. The number of aryl methyl sites for hydroxylation is 1. The number of aromatic nitrogens is 2. The molecule has 1 aromatic heterocycles. The molecule has 8 heteroatoms. The van der Waals surface area contributed by atoms with Crippen LogP contribution in [0.4, 0.5) is 13.6 Å². The number of halogens is 2. The van der Waals surface area contributed by atoms with Crippen LogP contribution < -0.4 is 10.9 Å². The van der Waals surface area contributed by atoms with E-state index in [9.17, 15) is 18.4 Å². The van der Waals surface area contributed by atoms with Gasteiger partial charge in [-0.1, -0.05) is 19.1 Å². The number of carboxylic acid groups (broad SMARTS) is 1. The van der Waals surface area contributed by atoms with Gasteiger partial charge in [0.1, 0.15) is 17.5 Å². The van der Waals surface area contributed by atoms with E-state index in [0.717, 1.165) is 16.7 Å². The molecule has 0 saturated carbocycles. The molecule has 2 aromatic carbocycles. The molecule has 27 heavy (non-hydrogen) atoms. The van der Waals surface area contributed by atoms with Gasteiger partial charge in [-0.2, -0.15) is 0 Å². The Morgan fingerprint density at radius 3 is 2.52 bits per heavy atom. The fraction of sp³-hybridized carbons (Fsp3) is 0.211. The lowest BCUT2D eigenvalue weighted by molar-refractivity contribution is 0.188. The Hall–Kier alpha value is -3.29. The van der Waals surface area contributed by atoms with Crippen molar-refractivity contribution in [1.82, 2.24) is 14.9 Å². The average Bonchev–Trinajstić information content (AvgIpc) is 2.58. The lowest BCUT2D eigenvalue weighted by atomic mass is 10.1. The molecule has 1 unspecified atom stereocenters. The number of nitrogens with one attached hydrogen (secondary N) is 1. The van der Waals surface area contributed by atoms with E-state index in [0.29, 0.717) is 22.5 Å². The maximum atomic E-state index is 13.8. The normalized spacial score (nSPS) is 12.1. The molecule has 2 N–H and O–H groups in total. The minimum atomic E-state index is -1.29. The third-order valence-corrected chi connectivity index (χ3v) is 4.25. The first-order valence-electron chi connectivity index (χ1n) is 8.30.